The molecule has 0 bridgehead atoms. The van der Waals surface area contributed by atoms with Crippen molar-refractivity contribution in [1.29, 1.82) is 0 Å². The number of aromatic nitrogens is 1. The van der Waals surface area contributed by atoms with Crippen LogP contribution in [0.1, 0.15) is 90.2 Å². The van der Waals surface area contributed by atoms with Crippen molar-refractivity contribution in [3.63, 3.8) is 0 Å². The van der Waals surface area contributed by atoms with E-state index in [9.17, 15) is 5.11 Å². The highest BCUT2D eigenvalue weighted by Gasteiger charge is 2.61. The Morgan fingerprint density at radius 3 is 2.37 bits per heavy atom. The van der Waals surface area contributed by atoms with Crippen LogP contribution in [0.5, 0.6) is 0 Å². The molecule has 0 saturated heterocycles. The summed E-state index contributed by atoms with van der Waals surface area (Å²) >= 11 is 0. The van der Waals surface area contributed by atoms with Gasteiger partial charge in [-0.25, -0.2) is 0 Å². The van der Waals surface area contributed by atoms with Gasteiger partial charge in [-0.2, -0.15) is 0 Å². The van der Waals surface area contributed by atoms with Crippen molar-refractivity contribution < 1.29 is 9.63 Å². The molecule has 4 unspecified atom stereocenters. The van der Waals surface area contributed by atoms with Gasteiger partial charge in [0.25, 0.3) is 0 Å². The Morgan fingerprint density at radius 2 is 1.67 bits per heavy atom. The number of hydrogen-bond acceptors (Lipinski definition) is 3. The lowest BCUT2D eigenvalue weighted by molar-refractivity contribution is -0.143. The van der Waals surface area contributed by atoms with E-state index >= 15 is 0 Å². The van der Waals surface area contributed by atoms with Gasteiger partial charge >= 0.3 is 0 Å². The van der Waals surface area contributed by atoms with Crippen LogP contribution in [0.4, 0.5) is 0 Å². The van der Waals surface area contributed by atoms with Gasteiger partial charge in [-0.1, -0.05) is 38.6 Å². The van der Waals surface area contributed by atoms with Crippen molar-refractivity contribution in [3.8, 4) is 0 Å². The van der Waals surface area contributed by atoms with Crippen molar-refractivity contribution in [2.75, 3.05) is 0 Å². The largest absolute Gasteiger partial charge is 0.390 e. The van der Waals surface area contributed by atoms with E-state index in [0.29, 0.717) is 16.7 Å². The van der Waals surface area contributed by atoms with Crippen LogP contribution in [0.25, 0.3) is 0 Å². The summed E-state index contributed by atoms with van der Waals surface area (Å²) in [6.07, 6.45) is 11.3. The standard InChI is InChI=1S/C26H43NO2Si/c1-24(28)13-14-25(2)17(16-24)7-8-18-19-9-10-21(26(19,3)12-11-20(18)25)22-15-23(29-27-22)30(4,5)6/h15,17-21,28H,7-14,16H2,1-6H3/t17-,18?,19?,20?,21?,24-,25-,26-/m0/s1. The molecule has 3 nitrogen and oxygen atoms in total. The van der Waals surface area contributed by atoms with Crippen LogP contribution in [0.3, 0.4) is 0 Å². The van der Waals surface area contributed by atoms with Crippen molar-refractivity contribution in [2.24, 2.45) is 34.5 Å². The second kappa shape index (κ2) is 6.70. The van der Waals surface area contributed by atoms with Crippen LogP contribution >= 0.6 is 0 Å². The molecular formula is C26H43NO2Si. The summed E-state index contributed by atoms with van der Waals surface area (Å²) in [4.78, 5) is 0. The van der Waals surface area contributed by atoms with E-state index in [2.05, 4.69) is 51.6 Å². The van der Waals surface area contributed by atoms with Crippen molar-refractivity contribution >= 4 is 13.5 Å². The molecule has 4 saturated carbocycles. The highest BCUT2D eigenvalue weighted by atomic mass is 28.3. The Kier molecular flexibility index (Phi) is 4.74. The van der Waals surface area contributed by atoms with Gasteiger partial charge in [0.05, 0.1) is 11.3 Å². The maximum atomic E-state index is 10.7. The van der Waals surface area contributed by atoms with Gasteiger partial charge in [-0.15, -0.1) is 0 Å². The Morgan fingerprint density at radius 1 is 0.933 bits per heavy atom. The Labute approximate surface area is 184 Å². The minimum absolute atomic E-state index is 0.387. The molecule has 0 spiro atoms. The van der Waals surface area contributed by atoms with Gasteiger partial charge in [0.1, 0.15) is 13.5 Å². The van der Waals surface area contributed by atoms with Crippen LogP contribution < -0.4 is 5.38 Å². The van der Waals surface area contributed by atoms with Gasteiger partial charge in [0.15, 0.2) is 0 Å². The number of rotatable bonds is 2. The molecule has 1 heterocycles. The summed E-state index contributed by atoms with van der Waals surface area (Å²) in [6, 6.07) is 2.33. The molecule has 1 N–H and O–H groups in total. The first-order valence-electron chi connectivity index (χ1n) is 12.6. The minimum Gasteiger partial charge on any atom is -0.390 e. The van der Waals surface area contributed by atoms with Crippen molar-refractivity contribution in [3.05, 3.63) is 11.8 Å². The van der Waals surface area contributed by atoms with Crippen LogP contribution in [0.2, 0.25) is 19.6 Å². The molecule has 1 aromatic rings. The van der Waals surface area contributed by atoms with Crippen molar-refractivity contribution in [1.82, 2.24) is 5.16 Å². The summed E-state index contributed by atoms with van der Waals surface area (Å²) in [5.41, 5.74) is 1.66. The normalized spacial score (nSPS) is 48.7. The predicted molar refractivity (Wildman–Crippen MR) is 125 cm³/mol. The zero-order chi connectivity index (χ0) is 21.5. The first-order valence-corrected chi connectivity index (χ1v) is 16.1. The van der Waals surface area contributed by atoms with E-state index in [1.807, 2.05) is 0 Å². The average Bonchev–Trinajstić information content (AvgIpc) is 3.26. The monoisotopic (exact) mass is 429 g/mol. The van der Waals surface area contributed by atoms with E-state index < -0.39 is 13.7 Å². The lowest BCUT2D eigenvalue weighted by Crippen LogP contribution is -2.55. The second-order valence-corrected chi connectivity index (χ2v) is 18.4. The maximum Gasteiger partial charge on any atom is 0.127 e. The smallest absolute Gasteiger partial charge is 0.127 e. The van der Waals surface area contributed by atoms with E-state index in [1.165, 1.54) is 56.0 Å². The molecule has 1 aromatic heterocycles. The fourth-order valence-corrected chi connectivity index (χ4v) is 9.62. The molecule has 30 heavy (non-hydrogen) atoms. The third-order valence-corrected chi connectivity index (χ3v) is 12.3. The van der Waals surface area contributed by atoms with Crippen LogP contribution in [0.15, 0.2) is 10.6 Å². The third kappa shape index (κ3) is 3.10. The summed E-state index contributed by atoms with van der Waals surface area (Å²) in [6.45, 7) is 14.3. The quantitative estimate of drug-likeness (QED) is 0.578. The third-order valence-electron chi connectivity index (χ3n) is 10.6. The molecule has 168 valence electrons. The summed E-state index contributed by atoms with van der Waals surface area (Å²) in [7, 11) is -1.45. The predicted octanol–water partition coefficient (Wildman–Crippen LogP) is 6.10. The molecule has 4 heteroatoms. The first kappa shape index (κ1) is 21.2. The molecular weight excluding hydrogens is 386 g/mol. The molecule has 0 amide bonds. The number of aliphatic hydroxyl groups is 1. The van der Waals surface area contributed by atoms with Gasteiger partial charge in [0, 0.05) is 5.92 Å². The van der Waals surface area contributed by atoms with Crippen LogP contribution in [0, 0.1) is 34.5 Å². The van der Waals surface area contributed by atoms with E-state index in [4.69, 9.17) is 4.52 Å². The molecule has 0 aromatic carbocycles. The van der Waals surface area contributed by atoms with Gasteiger partial charge < -0.3 is 9.63 Å². The zero-order valence-electron chi connectivity index (χ0n) is 20.1. The van der Waals surface area contributed by atoms with Gasteiger partial charge in [0.2, 0.25) is 0 Å². The Balaban J connectivity index is 1.40. The molecule has 4 aliphatic rings. The lowest BCUT2D eigenvalue weighted by atomic mass is 9.44. The van der Waals surface area contributed by atoms with Gasteiger partial charge in [-0.3, -0.25) is 0 Å². The fraction of sp³-hybridized carbons (Fsp3) is 0.885. The molecule has 5 rings (SSSR count). The highest BCUT2D eigenvalue weighted by molar-refractivity contribution is 6.87. The first-order chi connectivity index (χ1) is 13.9. The summed E-state index contributed by atoms with van der Waals surface area (Å²) in [5.74, 6) is 3.88. The SMILES string of the molecule is C[C@]1(O)CC[C@]2(C)C3CC[C@]4(C)C(c5cc([Si](C)(C)C)on5)CCC4C3CC[C@H]2C1. The lowest BCUT2D eigenvalue weighted by Gasteiger charge is -2.61. The maximum absolute atomic E-state index is 10.7. The van der Waals surface area contributed by atoms with E-state index in [0.717, 1.165) is 36.5 Å². The second-order valence-electron chi connectivity index (χ2n) is 13.4. The number of hydrogen-bond donors (Lipinski definition) is 1. The number of nitrogens with zero attached hydrogens (tertiary/aromatic N) is 1. The molecule has 0 radical (unpaired) electrons. The molecule has 4 fully saturated rings. The zero-order valence-corrected chi connectivity index (χ0v) is 21.1. The summed E-state index contributed by atoms with van der Waals surface area (Å²) in [5, 5.41) is 16.5. The molecule has 8 atom stereocenters. The van der Waals surface area contributed by atoms with E-state index in [1.54, 1.807) is 0 Å². The fourth-order valence-electron chi connectivity index (χ4n) is 8.72. The highest BCUT2D eigenvalue weighted by Crippen LogP contribution is 2.69. The van der Waals surface area contributed by atoms with E-state index in [-0.39, 0.29) is 0 Å². The van der Waals surface area contributed by atoms with Crippen LogP contribution in [-0.2, 0) is 0 Å². The molecule has 0 aliphatic heterocycles. The number of fused-ring (bicyclic) bond motifs is 5. The van der Waals surface area contributed by atoms with Crippen molar-refractivity contribution in [2.45, 2.75) is 110 Å². The van der Waals surface area contributed by atoms with Gasteiger partial charge in [-0.05, 0) is 105 Å². The van der Waals surface area contributed by atoms with Crippen LogP contribution in [-0.4, -0.2) is 23.9 Å². The Bertz CT molecular complexity index is 810. The topological polar surface area (TPSA) is 46.3 Å². The Hall–Kier alpha value is -0.613. The summed E-state index contributed by atoms with van der Waals surface area (Å²) < 4.78 is 5.87. The minimum atomic E-state index is -1.45. The molecule has 4 aliphatic carbocycles. The average molecular weight is 430 g/mol.